The summed E-state index contributed by atoms with van der Waals surface area (Å²) in [5.41, 5.74) is 1.66. The van der Waals surface area contributed by atoms with Gasteiger partial charge in [-0.2, -0.15) is 0 Å². The molecule has 0 aliphatic rings. The van der Waals surface area contributed by atoms with Crippen LogP contribution in [0.2, 0.25) is 5.15 Å². The Hall–Kier alpha value is -2.53. The molecule has 0 saturated carbocycles. The van der Waals surface area contributed by atoms with E-state index in [1.807, 2.05) is 12.1 Å². The van der Waals surface area contributed by atoms with Crippen molar-refractivity contribution >= 4 is 34.2 Å². The maximum atomic E-state index is 12.2. The van der Waals surface area contributed by atoms with Gasteiger partial charge in [0.15, 0.2) is 0 Å². The van der Waals surface area contributed by atoms with Gasteiger partial charge in [0.25, 0.3) is 5.91 Å². The number of benzene rings is 1. The zero-order chi connectivity index (χ0) is 14.8. The molecule has 3 rings (SSSR count). The standard InChI is InChI=1S/C15H12ClN3O2/c1-21-11-4-2-3-10(8-11)17-15(20)12-7-9-5-6-13(16)19-14(9)18-12/h2-8H,1H3,(H,17,20)(H,18,19). The van der Waals surface area contributed by atoms with Crippen molar-refractivity contribution in [1.29, 1.82) is 0 Å². The van der Waals surface area contributed by atoms with Crippen molar-refractivity contribution in [3.05, 3.63) is 53.3 Å². The highest BCUT2D eigenvalue weighted by Gasteiger charge is 2.11. The van der Waals surface area contributed by atoms with E-state index in [4.69, 9.17) is 16.3 Å². The number of aromatic nitrogens is 2. The molecule has 6 heteroatoms. The number of aromatic amines is 1. The topological polar surface area (TPSA) is 67.0 Å². The van der Waals surface area contributed by atoms with Crippen LogP contribution in [-0.4, -0.2) is 23.0 Å². The number of anilines is 1. The lowest BCUT2D eigenvalue weighted by molar-refractivity contribution is 0.102. The number of hydrogen-bond acceptors (Lipinski definition) is 3. The Morgan fingerprint density at radius 1 is 1.29 bits per heavy atom. The highest BCUT2D eigenvalue weighted by molar-refractivity contribution is 6.29. The fraction of sp³-hybridized carbons (Fsp3) is 0.0667. The van der Waals surface area contributed by atoms with E-state index in [0.717, 1.165) is 5.39 Å². The summed E-state index contributed by atoms with van der Waals surface area (Å²) in [6.07, 6.45) is 0. The molecule has 3 aromatic rings. The molecule has 1 amide bonds. The number of pyridine rings is 1. The number of H-pyrrole nitrogens is 1. The normalized spacial score (nSPS) is 10.6. The summed E-state index contributed by atoms with van der Waals surface area (Å²) in [6, 6.07) is 12.4. The molecule has 0 atom stereocenters. The van der Waals surface area contributed by atoms with Crippen LogP contribution in [0, 0.1) is 0 Å². The summed E-state index contributed by atoms with van der Waals surface area (Å²) >= 11 is 5.83. The molecule has 2 aromatic heterocycles. The van der Waals surface area contributed by atoms with Crippen molar-refractivity contribution in [2.75, 3.05) is 12.4 Å². The highest BCUT2D eigenvalue weighted by Crippen LogP contribution is 2.19. The molecule has 0 aliphatic heterocycles. The van der Waals surface area contributed by atoms with Crippen LogP contribution in [0.25, 0.3) is 11.0 Å². The average molecular weight is 302 g/mol. The van der Waals surface area contributed by atoms with Gasteiger partial charge in [-0.25, -0.2) is 4.98 Å². The first-order valence-electron chi connectivity index (χ1n) is 6.26. The number of fused-ring (bicyclic) bond motifs is 1. The number of ether oxygens (including phenoxy) is 1. The lowest BCUT2D eigenvalue weighted by atomic mass is 10.3. The Labute approximate surface area is 125 Å². The van der Waals surface area contributed by atoms with Crippen LogP contribution in [0.15, 0.2) is 42.5 Å². The van der Waals surface area contributed by atoms with E-state index < -0.39 is 0 Å². The predicted molar refractivity (Wildman–Crippen MR) is 82.1 cm³/mol. The lowest BCUT2D eigenvalue weighted by Gasteiger charge is -2.05. The van der Waals surface area contributed by atoms with Gasteiger partial charge in [0, 0.05) is 17.1 Å². The largest absolute Gasteiger partial charge is 0.497 e. The van der Waals surface area contributed by atoms with Gasteiger partial charge in [0.05, 0.1) is 7.11 Å². The Morgan fingerprint density at radius 3 is 2.95 bits per heavy atom. The molecule has 2 heterocycles. The van der Waals surface area contributed by atoms with Crippen LogP contribution >= 0.6 is 11.6 Å². The van der Waals surface area contributed by atoms with Gasteiger partial charge >= 0.3 is 0 Å². The second-order valence-electron chi connectivity index (χ2n) is 4.44. The van der Waals surface area contributed by atoms with Gasteiger partial charge in [0.2, 0.25) is 0 Å². The molecule has 0 bridgehead atoms. The first-order chi connectivity index (χ1) is 10.2. The van der Waals surface area contributed by atoms with E-state index >= 15 is 0 Å². The highest BCUT2D eigenvalue weighted by atomic mass is 35.5. The van der Waals surface area contributed by atoms with Crippen molar-refractivity contribution in [2.24, 2.45) is 0 Å². The number of nitrogens with one attached hydrogen (secondary N) is 2. The van der Waals surface area contributed by atoms with Gasteiger partial charge in [-0.3, -0.25) is 4.79 Å². The zero-order valence-corrected chi connectivity index (χ0v) is 11.9. The van der Waals surface area contributed by atoms with Crippen molar-refractivity contribution in [1.82, 2.24) is 9.97 Å². The third-order valence-corrected chi connectivity index (χ3v) is 3.23. The van der Waals surface area contributed by atoms with Crippen LogP contribution in [0.1, 0.15) is 10.5 Å². The molecule has 0 unspecified atom stereocenters. The Bertz CT molecular complexity index is 814. The van der Waals surface area contributed by atoms with Crippen molar-refractivity contribution in [3.8, 4) is 5.75 Å². The number of methoxy groups -OCH3 is 1. The van der Waals surface area contributed by atoms with E-state index in [2.05, 4.69) is 15.3 Å². The average Bonchev–Trinajstić information content (AvgIpc) is 2.90. The third-order valence-electron chi connectivity index (χ3n) is 3.02. The molecule has 2 N–H and O–H groups in total. The number of amides is 1. The van der Waals surface area contributed by atoms with E-state index in [1.54, 1.807) is 37.4 Å². The Balaban J connectivity index is 1.86. The molecule has 5 nitrogen and oxygen atoms in total. The van der Waals surface area contributed by atoms with Crippen LogP contribution in [-0.2, 0) is 0 Å². The quantitative estimate of drug-likeness (QED) is 0.728. The van der Waals surface area contributed by atoms with E-state index in [1.165, 1.54) is 0 Å². The summed E-state index contributed by atoms with van der Waals surface area (Å²) in [6.45, 7) is 0. The minimum Gasteiger partial charge on any atom is -0.497 e. The number of halogens is 1. The minimum absolute atomic E-state index is 0.252. The van der Waals surface area contributed by atoms with E-state index in [-0.39, 0.29) is 5.91 Å². The minimum atomic E-state index is -0.252. The maximum Gasteiger partial charge on any atom is 0.272 e. The molecule has 0 spiro atoms. The van der Waals surface area contributed by atoms with Gasteiger partial charge in [-0.05, 0) is 30.3 Å². The number of nitrogens with zero attached hydrogens (tertiary/aromatic N) is 1. The summed E-state index contributed by atoms with van der Waals surface area (Å²) in [5, 5.41) is 4.01. The number of rotatable bonds is 3. The van der Waals surface area contributed by atoms with Crippen molar-refractivity contribution in [3.63, 3.8) is 0 Å². The van der Waals surface area contributed by atoms with Gasteiger partial charge in [-0.15, -0.1) is 0 Å². The molecule has 1 aromatic carbocycles. The maximum absolute atomic E-state index is 12.2. The van der Waals surface area contributed by atoms with Gasteiger partial charge in [-0.1, -0.05) is 17.7 Å². The molecule has 0 radical (unpaired) electrons. The van der Waals surface area contributed by atoms with Gasteiger partial charge < -0.3 is 15.0 Å². The molecule has 0 fully saturated rings. The molecular formula is C15H12ClN3O2. The molecular weight excluding hydrogens is 290 g/mol. The fourth-order valence-corrected chi connectivity index (χ4v) is 2.15. The summed E-state index contributed by atoms with van der Waals surface area (Å²) in [4.78, 5) is 19.3. The van der Waals surface area contributed by atoms with Crippen LogP contribution in [0.5, 0.6) is 5.75 Å². The molecule has 21 heavy (non-hydrogen) atoms. The van der Waals surface area contributed by atoms with Crippen molar-refractivity contribution < 1.29 is 9.53 Å². The summed E-state index contributed by atoms with van der Waals surface area (Å²) in [7, 11) is 1.58. The molecule has 106 valence electrons. The number of hydrogen-bond donors (Lipinski definition) is 2. The zero-order valence-electron chi connectivity index (χ0n) is 11.2. The number of carbonyl (C=O) groups excluding carboxylic acids is 1. The second kappa shape index (κ2) is 5.46. The summed E-state index contributed by atoms with van der Waals surface area (Å²) in [5.74, 6) is 0.426. The predicted octanol–water partition coefficient (Wildman–Crippen LogP) is 3.48. The van der Waals surface area contributed by atoms with Crippen LogP contribution in [0.3, 0.4) is 0 Å². The third kappa shape index (κ3) is 2.83. The Morgan fingerprint density at radius 2 is 2.14 bits per heavy atom. The summed E-state index contributed by atoms with van der Waals surface area (Å²) < 4.78 is 5.12. The molecule has 0 aliphatic carbocycles. The lowest BCUT2D eigenvalue weighted by Crippen LogP contribution is -2.12. The number of carbonyl (C=O) groups is 1. The first-order valence-corrected chi connectivity index (χ1v) is 6.64. The monoisotopic (exact) mass is 301 g/mol. The Kier molecular flexibility index (Phi) is 3.50. The van der Waals surface area contributed by atoms with Crippen LogP contribution in [0.4, 0.5) is 5.69 Å². The van der Waals surface area contributed by atoms with E-state index in [0.29, 0.717) is 27.9 Å². The van der Waals surface area contributed by atoms with E-state index in [9.17, 15) is 4.79 Å². The van der Waals surface area contributed by atoms with Gasteiger partial charge in [0.1, 0.15) is 22.2 Å². The second-order valence-corrected chi connectivity index (χ2v) is 4.83. The first kappa shape index (κ1) is 13.5. The van der Waals surface area contributed by atoms with Crippen molar-refractivity contribution in [2.45, 2.75) is 0 Å². The fourth-order valence-electron chi connectivity index (χ4n) is 2.00. The van der Waals surface area contributed by atoms with Crippen LogP contribution < -0.4 is 10.1 Å². The smallest absolute Gasteiger partial charge is 0.272 e. The SMILES string of the molecule is COc1cccc(NC(=O)c2cc3ccc(Cl)nc3[nH]2)c1. The molecule has 0 saturated heterocycles.